The summed E-state index contributed by atoms with van der Waals surface area (Å²) < 4.78 is 18.5. The molecule has 2 nitrogen and oxygen atoms in total. The molecule has 0 aliphatic rings. The minimum absolute atomic E-state index is 0.115. The Hall–Kier alpha value is -1.74. The number of hydrogen-bond donors (Lipinski definition) is 1. The number of halogens is 2. The van der Waals surface area contributed by atoms with E-state index in [1.165, 1.54) is 11.6 Å². The molecule has 0 aliphatic heterocycles. The molecule has 0 fully saturated rings. The molecule has 0 unspecified atom stereocenters. The maximum atomic E-state index is 13.0. The van der Waals surface area contributed by atoms with Crippen molar-refractivity contribution in [2.75, 3.05) is 18.5 Å². The lowest BCUT2D eigenvalue weighted by atomic mass is 10.2. The maximum absolute atomic E-state index is 13.0. The molecule has 0 aliphatic carbocycles. The number of benzene rings is 2. The molecule has 19 heavy (non-hydrogen) atoms. The van der Waals surface area contributed by atoms with Crippen LogP contribution in [0, 0.1) is 12.7 Å². The Kier molecular flexibility index (Phi) is 4.63. The van der Waals surface area contributed by atoms with E-state index in [4.69, 9.17) is 16.3 Å². The smallest absolute Gasteiger partial charge is 0.141 e. The fraction of sp³-hybridized carbons (Fsp3) is 0.200. The molecule has 0 spiro atoms. The zero-order valence-electron chi connectivity index (χ0n) is 10.6. The van der Waals surface area contributed by atoms with Crippen molar-refractivity contribution < 1.29 is 9.13 Å². The highest BCUT2D eigenvalue weighted by atomic mass is 35.5. The average molecular weight is 280 g/mol. The van der Waals surface area contributed by atoms with Crippen molar-refractivity contribution in [1.29, 1.82) is 0 Å². The second-order valence-corrected chi connectivity index (χ2v) is 4.62. The lowest BCUT2D eigenvalue weighted by Crippen LogP contribution is -2.11. The van der Waals surface area contributed by atoms with Gasteiger partial charge >= 0.3 is 0 Å². The van der Waals surface area contributed by atoms with Crippen molar-refractivity contribution in [2.45, 2.75) is 6.92 Å². The van der Waals surface area contributed by atoms with Crippen LogP contribution in [0.3, 0.4) is 0 Å². The molecule has 4 heteroatoms. The molecule has 0 amide bonds. The fourth-order valence-corrected chi connectivity index (χ4v) is 1.79. The summed E-state index contributed by atoms with van der Waals surface area (Å²) in [6.45, 7) is 3.18. The predicted octanol–water partition coefficient (Wildman–Crippen LogP) is 4.28. The molecule has 2 rings (SSSR count). The molecule has 0 heterocycles. The summed E-state index contributed by atoms with van der Waals surface area (Å²) >= 11 is 5.69. The number of aryl methyl sites for hydroxylation is 1. The number of nitrogens with one attached hydrogen (secondary N) is 1. The summed E-state index contributed by atoms with van der Waals surface area (Å²) in [5.74, 6) is 0.424. The predicted molar refractivity (Wildman–Crippen MR) is 76.6 cm³/mol. The summed E-state index contributed by atoms with van der Waals surface area (Å²) in [6.07, 6.45) is 0. The van der Waals surface area contributed by atoms with Gasteiger partial charge in [-0.15, -0.1) is 0 Å². The van der Waals surface area contributed by atoms with Crippen molar-refractivity contribution in [3.63, 3.8) is 0 Å². The van der Waals surface area contributed by atoms with Crippen LogP contribution in [0.15, 0.2) is 42.5 Å². The summed E-state index contributed by atoms with van der Waals surface area (Å²) in [7, 11) is 0. The number of hydrogen-bond acceptors (Lipinski definition) is 2. The molecule has 0 saturated heterocycles. The van der Waals surface area contributed by atoms with E-state index >= 15 is 0 Å². The zero-order valence-corrected chi connectivity index (χ0v) is 11.4. The Balaban J connectivity index is 1.77. The Bertz CT molecular complexity index is 542. The lowest BCUT2D eigenvalue weighted by Gasteiger charge is -2.09. The fourth-order valence-electron chi connectivity index (χ4n) is 1.60. The first-order chi connectivity index (χ1) is 9.15. The second kappa shape index (κ2) is 6.43. The minimum Gasteiger partial charge on any atom is -0.492 e. The van der Waals surface area contributed by atoms with Crippen molar-refractivity contribution in [3.05, 3.63) is 58.9 Å². The van der Waals surface area contributed by atoms with Crippen LogP contribution in [-0.2, 0) is 0 Å². The van der Waals surface area contributed by atoms with Crippen LogP contribution in [0.25, 0.3) is 0 Å². The van der Waals surface area contributed by atoms with Gasteiger partial charge in [0.05, 0.1) is 5.02 Å². The van der Waals surface area contributed by atoms with Gasteiger partial charge in [-0.2, -0.15) is 0 Å². The average Bonchev–Trinajstić information content (AvgIpc) is 2.41. The van der Waals surface area contributed by atoms with E-state index in [9.17, 15) is 4.39 Å². The van der Waals surface area contributed by atoms with Gasteiger partial charge in [-0.25, -0.2) is 4.39 Å². The molecule has 2 aromatic carbocycles. The highest BCUT2D eigenvalue weighted by molar-refractivity contribution is 6.31. The van der Waals surface area contributed by atoms with Crippen LogP contribution in [-0.4, -0.2) is 13.2 Å². The van der Waals surface area contributed by atoms with Crippen LogP contribution < -0.4 is 10.1 Å². The Morgan fingerprint density at radius 1 is 1.16 bits per heavy atom. The first-order valence-corrected chi connectivity index (χ1v) is 6.41. The van der Waals surface area contributed by atoms with E-state index in [0.29, 0.717) is 13.2 Å². The van der Waals surface area contributed by atoms with Gasteiger partial charge in [-0.3, -0.25) is 0 Å². The molecule has 0 saturated carbocycles. The molecule has 0 radical (unpaired) electrons. The third-order valence-electron chi connectivity index (χ3n) is 2.64. The molecule has 0 atom stereocenters. The third kappa shape index (κ3) is 4.14. The van der Waals surface area contributed by atoms with Crippen molar-refractivity contribution in [3.8, 4) is 5.75 Å². The summed E-state index contributed by atoms with van der Waals surface area (Å²) in [4.78, 5) is 0. The number of rotatable bonds is 5. The molecule has 2 aromatic rings. The van der Waals surface area contributed by atoms with E-state index < -0.39 is 5.82 Å². The Labute approximate surface area is 117 Å². The van der Waals surface area contributed by atoms with E-state index in [1.54, 1.807) is 12.1 Å². The monoisotopic (exact) mass is 279 g/mol. The van der Waals surface area contributed by atoms with E-state index in [1.807, 2.05) is 31.2 Å². The van der Waals surface area contributed by atoms with Gasteiger partial charge in [0.25, 0.3) is 0 Å². The first kappa shape index (κ1) is 13.7. The van der Waals surface area contributed by atoms with Crippen LogP contribution >= 0.6 is 11.6 Å². The van der Waals surface area contributed by atoms with Crippen molar-refractivity contribution >= 4 is 17.3 Å². The second-order valence-electron chi connectivity index (χ2n) is 4.22. The van der Waals surface area contributed by atoms with E-state index in [2.05, 4.69) is 5.32 Å². The molecule has 0 aromatic heterocycles. The van der Waals surface area contributed by atoms with Gasteiger partial charge in [0.2, 0.25) is 0 Å². The highest BCUT2D eigenvalue weighted by Gasteiger charge is 2.00. The van der Waals surface area contributed by atoms with Crippen LogP contribution in [0.5, 0.6) is 5.75 Å². The largest absolute Gasteiger partial charge is 0.492 e. The van der Waals surface area contributed by atoms with Gasteiger partial charge < -0.3 is 10.1 Å². The van der Waals surface area contributed by atoms with Crippen LogP contribution in [0.1, 0.15) is 5.56 Å². The quantitative estimate of drug-likeness (QED) is 0.825. The summed E-state index contributed by atoms with van der Waals surface area (Å²) in [6, 6.07) is 12.4. The van der Waals surface area contributed by atoms with Gasteiger partial charge in [0.15, 0.2) is 0 Å². The minimum atomic E-state index is -0.414. The normalized spacial score (nSPS) is 10.3. The van der Waals surface area contributed by atoms with E-state index in [0.717, 1.165) is 11.4 Å². The summed E-state index contributed by atoms with van der Waals surface area (Å²) in [5, 5.41) is 3.23. The van der Waals surface area contributed by atoms with Gasteiger partial charge in [-0.1, -0.05) is 29.3 Å². The van der Waals surface area contributed by atoms with E-state index in [-0.39, 0.29) is 5.02 Å². The van der Waals surface area contributed by atoms with Crippen LogP contribution in [0.4, 0.5) is 10.1 Å². The van der Waals surface area contributed by atoms with Gasteiger partial charge in [0.1, 0.15) is 18.2 Å². The molecular weight excluding hydrogens is 265 g/mol. The maximum Gasteiger partial charge on any atom is 0.141 e. The zero-order chi connectivity index (χ0) is 13.7. The lowest BCUT2D eigenvalue weighted by molar-refractivity contribution is 0.333. The Morgan fingerprint density at radius 3 is 2.58 bits per heavy atom. The number of anilines is 1. The third-order valence-corrected chi connectivity index (χ3v) is 2.93. The first-order valence-electron chi connectivity index (χ1n) is 6.03. The van der Waals surface area contributed by atoms with Crippen LogP contribution in [0.2, 0.25) is 5.02 Å². The van der Waals surface area contributed by atoms with Crippen molar-refractivity contribution in [2.24, 2.45) is 0 Å². The van der Waals surface area contributed by atoms with Gasteiger partial charge in [-0.05, 0) is 37.3 Å². The Morgan fingerprint density at radius 2 is 1.89 bits per heavy atom. The highest BCUT2D eigenvalue weighted by Crippen LogP contribution is 2.19. The SMILES string of the molecule is Cc1ccc(OCCNc2ccc(F)c(Cl)c2)cc1. The van der Waals surface area contributed by atoms with Gasteiger partial charge in [0, 0.05) is 12.2 Å². The molecular formula is C15H15ClFNO. The number of ether oxygens (including phenoxy) is 1. The topological polar surface area (TPSA) is 21.3 Å². The molecule has 100 valence electrons. The standard InChI is InChI=1S/C15H15ClFNO/c1-11-2-5-13(6-3-11)19-9-8-18-12-4-7-15(17)14(16)10-12/h2-7,10,18H,8-9H2,1H3. The van der Waals surface area contributed by atoms with Crippen molar-refractivity contribution in [1.82, 2.24) is 0 Å². The molecule has 1 N–H and O–H groups in total. The molecule has 0 bridgehead atoms. The summed E-state index contributed by atoms with van der Waals surface area (Å²) in [5.41, 5.74) is 1.98.